The van der Waals surface area contributed by atoms with E-state index in [1.54, 1.807) is 0 Å². The van der Waals surface area contributed by atoms with Crippen LogP contribution in [0.5, 0.6) is 0 Å². The number of nitrogens with zero attached hydrogens (tertiary/aromatic N) is 1. The SMILES string of the molecule is Cc1ccncc1C(CC1CCC1)NN. The van der Waals surface area contributed by atoms with E-state index in [9.17, 15) is 0 Å². The highest BCUT2D eigenvalue weighted by Gasteiger charge is 2.23. The van der Waals surface area contributed by atoms with Gasteiger partial charge in [-0.3, -0.25) is 16.3 Å². The van der Waals surface area contributed by atoms with Crippen molar-refractivity contribution in [3.05, 3.63) is 29.6 Å². The molecular weight excluding hydrogens is 186 g/mol. The van der Waals surface area contributed by atoms with Crippen LogP contribution in [0.4, 0.5) is 0 Å². The zero-order valence-corrected chi connectivity index (χ0v) is 9.24. The van der Waals surface area contributed by atoms with Crippen molar-refractivity contribution in [1.29, 1.82) is 0 Å². The van der Waals surface area contributed by atoms with Crippen LogP contribution in [0.3, 0.4) is 0 Å². The summed E-state index contributed by atoms with van der Waals surface area (Å²) in [5, 5.41) is 0. The van der Waals surface area contributed by atoms with Gasteiger partial charge in [0, 0.05) is 18.4 Å². The van der Waals surface area contributed by atoms with Crippen molar-refractivity contribution in [3.63, 3.8) is 0 Å². The molecule has 1 aliphatic rings. The van der Waals surface area contributed by atoms with Gasteiger partial charge in [-0.1, -0.05) is 19.3 Å². The van der Waals surface area contributed by atoms with Gasteiger partial charge in [0.05, 0.1) is 0 Å². The third kappa shape index (κ3) is 2.36. The van der Waals surface area contributed by atoms with Crippen LogP contribution in [0.15, 0.2) is 18.5 Å². The van der Waals surface area contributed by atoms with Gasteiger partial charge in [0.15, 0.2) is 0 Å². The van der Waals surface area contributed by atoms with E-state index >= 15 is 0 Å². The van der Waals surface area contributed by atoms with Gasteiger partial charge in [0.2, 0.25) is 0 Å². The summed E-state index contributed by atoms with van der Waals surface area (Å²) < 4.78 is 0. The monoisotopic (exact) mass is 205 g/mol. The molecule has 0 aromatic carbocycles. The minimum atomic E-state index is 0.268. The Morgan fingerprint density at radius 2 is 2.40 bits per heavy atom. The van der Waals surface area contributed by atoms with Crippen LogP contribution < -0.4 is 11.3 Å². The number of rotatable bonds is 4. The fraction of sp³-hybridized carbons (Fsp3) is 0.583. The molecule has 0 amide bonds. The minimum absolute atomic E-state index is 0.268. The number of hydrogen-bond acceptors (Lipinski definition) is 3. The van der Waals surface area contributed by atoms with E-state index in [1.165, 1.54) is 30.4 Å². The molecule has 1 atom stereocenters. The Hall–Kier alpha value is -0.930. The van der Waals surface area contributed by atoms with E-state index < -0.39 is 0 Å². The molecule has 1 aromatic rings. The number of hydrogen-bond donors (Lipinski definition) is 2. The first-order valence-electron chi connectivity index (χ1n) is 5.68. The van der Waals surface area contributed by atoms with E-state index in [-0.39, 0.29) is 6.04 Å². The summed E-state index contributed by atoms with van der Waals surface area (Å²) in [6.07, 6.45) is 9.00. The summed E-state index contributed by atoms with van der Waals surface area (Å²) in [4.78, 5) is 4.17. The van der Waals surface area contributed by atoms with Crippen LogP contribution >= 0.6 is 0 Å². The van der Waals surface area contributed by atoms with Gasteiger partial charge in [0.1, 0.15) is 0 Å². The van der Waals surface area contributed by atoms with Crippen molar-refractivity contribution in [1.82, 2.24) is 10.4 Å². The Kier molecular flexibility index (Phi) is 3.34. The van der Waals surface area contributed by atoms with E-state index in [0.717, 1.165) is 12.3 Å². The lowest BCUT2D eigenvalue weighted by atomic mass is 9.79. The maximum Gasteiger partial charge on any atom is 0.0480 e. The molecule has 1 aliphatic carbocycles. The summed E-state index contributed by atoms with van der Waals surface area (Å²) in [7, 11) is 0. The molecule has 1 unspecified atom stereocenters. The summed E-state index contributed by atoms with van der Waals surface area (Å²) in [6.45, 7) is 2.11. The van der Waals surface area contributed by atoms with Crippen molar-refractivity contribution in [3.8, 4) is 0 Å². The zero-order chi connectivity index (χ0) is 10.7. The summed E-state index contributed by atoms with van der Waals surface area (Å²) in [5.41, 5.74) is 5.43. The fourth-order valence-corrected chi connectivity index (χ4v) is 2.19. The predicted octanol–water partition coefficient (Wildman–Crippen LogP) is 2.08. The maximum absolute atomic E-state index is 5.62. The molecule has 0 saturated heterocycles. The molecule has 1 heterocycles. The number of aryl methyl sites for hydroxylation is 1. The molecule has 3 heteroatoms. The summed E-state index contributed by atoms with van der Waals surface area (Å²) >= 11 is 0. The van der Waals surface area contributed by atoms with E-state index in [0.29, 0.717) is 0 Å². The molecule has 2 rings (SSSR count). The quantitative estimate of drug-likeness (QED) is 0.584. The normalized spacial score (nSPS) is 18.5. The van der Waals surface area contributed by atoms with Crippen molar-refractivity contribution in [2.75, 3.05) is 0 Å². The van der Waals surface area contributed by atoms with E-state index in [4.69, 9.17) is 5.84 Å². The third-order valence-corrected chi connectivity index (χ3v) is 3.45. The zero-order valence-electron chi connectivity index (χ0n) is 9.24. The number of nitrogens with two attached hydrogens (primary N) is 1. The molecule has 82 valence electrons. The Labute approximate surface area is 91.1 Å². The van der Waals surface area contributed by atoms with Gasteiger partial charge in [-0.05, 0) is 36.5 Å². The molecule has 1 saturated carbocycles. The van der Waals surface area contributed by atoms with Gasteiger partial charge in [-0.2, -0.15) is 0 Å². The van der Waals surface area contributed by atoms with Gasteiger partial charge in [-0.15, -0.1) is 0 Å². The first-order chi connectivity index (χ1) is 7.31. The van der Waals surface area contributed by atoms with Gasteiger partial charge >= 0.3 is 0 Å². The number of nitrogens with one attached hydrogen (secondary N) is 1. The largest absolute Gasteiger partial charge is 0.271 e. The van der Waals surface area contributed by atoms with E-state index in [1.807, 2.05) is 18.5 Å². The summed E-state index contributed by atoms with van der Waals surface area (Å²) in [6, 6.07) is 2.31. The fourth-order valence-electron chi connectivity index (χ4n) is 2.19. The molecule has 0 spiro atoms. The van der Waals surface area contributed by atoms with Crippen LogP contribution in [0.2, 0.25) is 0 Å². The van der Waals surface area contributed by atoms with Gasteiger partial charge in [0.25, 0.3) is 0 Å². The smallest absolute Gasteiger partial charge is 0.0480 e. The average Bonchev–Trinajstić information content (AvgIpc) is 2.19. The minimum Gasteiger partial charge on any atom is -0.271 e. The molecule has 3 nitrogen and oxygen atoms in total. The first-order valence-corrected chi connectivity index (χ1v) is 5.68. The molecular formula is C12H19N3. The van der Waals surface area contributed by atoms with Crippen LogP contribution in [0, 0.1) is 12.8 Å². The van der Waals surface area contributed by atoms with Crippen molar-refractivity contribution < 1.29 is 0 Å². The highest BCUT2D eigenvalue weighted by atomic mass is 15.2. The Morgan fingerprint density at radius 3 is 2.93 bits per heavy atom. The second-order valence-corrected chi connectivity index (χ2v) is 4.48. The lowest BCUT2D eigenvalue weighted by Crippen LogP contribution is -2.31. The second kappa shape index (κ2) is 4.73. The highest BCUT2D eigenvalue weighted by molar-refractivity contribution is 5.25. The third-order valence-electron chi connectivity index (χ3n) is 3.45. The standard InChI is InChI=1S/C12H19N3/c1-9-5-6-14-8-11(9)12(15-13)7-10-3-2-4-10/h5-6,8,10,12,15H,2-4,7,13H2,1H3. The number of hydrazine groups is 1. The van der Waals surface area contributed by atoms with Crippen LogP contribution in [0.25, 0.3) is 0 Å². The molecule has 15 heavy (non-hydrogen) atoms. The van der Waals surface area contributed by atoms with Crippen LogP contribution in [-0.2, 0) is 0 Å². The molecule has 1 fully saturated rings. The topological polar surface area (TPSA) is 50.9 Å². The van der Waals surface area contributed by atoms with Gasteiger partial charge < -0.3 is 0 Å². The van der Waals surface area contributed by atoms with Crippen LogP contribution in [-0.4, -0.2) is 4.98 Å². The van der Waals surface area contributed by atoms with E-state index in [2.05, 4.69) is 17.3 Å². The molecule has 0 radical (unpaired) electrons. The van der Waals surface area contributed by atoms with Crippen molar-refractivity contribution >= 4 is 0 Å². The Balaban J connectivity index is 2.07. The predicted molar refractivity (Wildman–Crippen MR) is 61.0 cm³/mol. The molecule has 0 bridgehead atoms. The summed E-state index contributed by atoms with van der Waals surface area (Å²) in [5.74, 6) is 6.48. The van der Waals surface area contributed by atoms with Crippen molar-refractivity contribution in [2.45, 2.75) is 38.6 Å². The van der Waals surface area contributed by atoms with Gasteiger partial charge in [-0.25, -0.2) is 0 Å². The highest BCUT2D eigenvalue weighted by Crippen LogP contribution is 2.34. The Bertz CT molecular complexity index is 320. The molecule has 1 aromatic heterocycles. The number of pyridine rings is 1. The number of aromatic nitrogens is 1. The van der Waals surface area contributed by atoms with Crippen molar-refractivity contribution in [2.24, 2.45) is 11.8 Å². The average molecular weight is 205 g/mol. The molecule has 0 aliphatic heterocycles. The Morgan fingerprint density at radius 1 is 1.60 bits per heavy atom. The lowest BCUT2D eigenvalue weighted by Gasteiger charge is -2.30. The lowest BCUT2D eigenvalue weighted by molar-refractivity contribution is 0.261. The maximum atomic E-state index is 5.62. The molecule has 3 N–H and O–H groups in total. The van der Waals surface area contributed by atoms with Crippen LogP contribution in [0.1, 0.15) is 42.9 Å². The first kappa shape index (κ1) is 10.6. The second-order valence-electron chi connectivity index (χ2n) is 4.48.